The van der Waals surface area contributed by atoms with Crippen molar-refractivity contribution in [1.82, 2.24) is 0 Å². The molecule has 0 spiro atoms. The number of hydrogen-bond acceptors (Lipinski definition) is 4. The Bertz CT molecular complexity index is 578. The second-order valence-corrected chi connectivity index (χ2v) is 7.39. The van der Waals surface area contributed by atoms with E-state index in [0.29, 0.717) is 5.75 Å². The van der Waals surface area contributed by atoms with E-state index in [1.165, 1.54) is 7.11 Å². The number of aryl methyl sites for hydroxylation is 1. The molecular formula is C12H15ClO4S. The van der Waals surface area contributed by atoms with Crippen molar-refractivity contribution in [2.24, 2.45) is 0 Å². The number of methoxy groups -OCH3 is 1. The van der Waals surface area contributed by atoms with E-state index in [1.807, 2.05) is 19.9 Å². The predicted octanol–water partition coefficient (Wildman–Crippen LogP) is 2.73. The van der Waals surface area contributed by atoms with Crippen molar-refractivity contribution in [3.05, 3.63) is 17.7 Å². The maximum absolute atomic E-state index is 11.7. The van der Waals surface area contributed by atoms with Gasteiger partial charge in [0.05, 0.1) is 7.11 Å². The molecule has 0 aliphatic carbocycles. The minimum Gasteiger partial charge on any atom is -0.495 e. The van der Waals surface area contributed by atoms with E-state index in [9.17, 15) is 8.42 Å². The van der Waals surface area contributed by atoms with E-state index in [4.69, 9.17) is 20.2 Å². The Balaban J connectivity index is 2.70. The Morgan fingerprint density at radius 2 is 2.06 bits per heavy atom. The summed E-state index contributed by atoms with van der Waals surface area (Å²) in [5.74, 6) is 0.530. The van der Waals surface area contributed by atoms with E-state index >= 15 is 0 Å². The molecule has 1 aliphatic rings. The molecule has 0 unspecified atom stereocenters. The lowest BCUT2D eigenvalue weighted by Gasteiger charge is -2.33. The zero-order valence-electron chi connectivity index (χ0n) is 10.5. The fourth-order valence-electron chi connectivity index (χ4n) is 2.05. The molecule has 0 N–H and O–H groups in total. The summed E-state index contributed by atoms with van der Waals surface area (Å²) in [6, 6.07) is 3.42. The summed E-state index contributed by atoms with van der Waals surface area (Å²) in [5, 5.41) is 0. The fourth-order valence-corrected chi connectivity index (χ4v) is 3.27. The smallest absolute Gasteiger partial charge is 0.268 e. The molecule has 0 bridgehead atoms. The molecule has 1 heterocycles. The Labute approximate surface area is 111 Å². The highest BCUT2D eigenvalue weighted by atomic mass is 35.7. The highest BCUT2D eigenvalue weighted by Crippen LogP contribution is 2.43. The molecule has 6 heteroatoms. The van der Waals surface area contributed by atoms with E-state index < -0.39 is 14.7 Å². The van der Waals surface area contributed by atoms with Crippen LogP contribution in [0.5, 0.6) is 11.5 Å². The Morgan fingerprint density at radius 3 is 2.61 bits per heavy atom. The first-order valence-electron chi connectivity index (χ1n) is 5.58. The average molecular weight is 291 g/mol. The molecule has 0 saturated carbocycles. The first kappa shape index (κ1) is 13.5. The maximum Gasteiger partial charge on any atom is 0.268 e. The third kappa shape index (κ3) is 2.42. The quantitative estimate of drug-likeness (QED) is 0.786. The third-order valence-corrected chi connectivity index (χ3v) is 4.33. The Hall–Kier alpha value is -0.940. The molecule has 0 aromatic heterocycles. The van der Waals surface area contributed by atoms with Gasteiger partial charge in [0.15, 0.2) is 4.90 Å². The van der Waals surface area contributed by atoms with Gasteiger partial charge in [-0.3, -0.25) is 0 Å². The molecule has 2 rings (SSSR count). The second-order valence-electron chi connectivity index (χ2n) is 4.88. The SMILES string of the molecule is COc1ccc2c(c1S(=O)(=O)Cl)OC(C)(C)CC2. The monoisotopic (exact) mass is 290 g/mol. The lowest BCUT2D eigenvalue weighted by atomic mass is 9.94. The molecule has 1 aromatic carbocycles. The van der Waals surface area contributed by atoms with Gasteiger partial charge in [-0.2, -0.15) is 0 Å². The summed E-state index contributed by atoms with van der Waals surface area (Å²) < 4.78 is 34.2. The minimum absolute atomic E-state index is 0.0723. The summed E-state index contributed by atoms with van der Waals surface area (Å²) in [5.41, 5.74) is 0.435. The molecule has 0 radical (unpaired) electrons. The zero-order chi connectivity index (χ0) is 13.6. The first-order chi connectivity index (χ1) is 8.24. The molecular weight excluding hydrogens is 276 g/mol. The van der Waals surface area contributed by atoms with Crippen molar-refractivity contribution in [3.63, 3.8) is 0 Å². The molecule has 18 heavy (non-hydrogen) atoms. The Kier molecular flexibility index (Phi) is 3.23. The van der Waals surface area contributed by atoms with Crippen LogP contribution in [0.4, 0.5) is 0 Å². The molecule has 4 nitrogen and oxygen atoms in total. The van der Waals surface area contributed by atoms with Crippen molar-refractivity contribution in [1.29, 1.82) is 0 Å². The second kappa shape index (κ2) is 4.31. The van der Waals surface area contributed by atoms with Gasteiger partial charge < -0.3 is 9.47 Å². The van der Waals surface area contributed by atoms with Crippen molar-refractivity contribution >= 4 is 19.7 Å². The number of halogens is 1. The van der Waals surface area contributed by atoms with Gasteiger partial charge in [-0.05, 0) is 38.3 Å². The van der Waals surface area contributed by atoms with Gasteiger partial charge in [0.25, 0.3) is 9.05 Å². The van der Waals surface area contributed by atoms with Crippen molar-refractivity contribution < 1.29 is 17.9 Å². The van der Waals surface area contributed by atoms with E-state index in [2.05, 4.69) is 0 Å². The third-order valence-electron chi connectivity index (χ3n) is 3.00. The number of benzene rings is 1. The number of fused-ring (bicyclic) bond motifs is 1. The van der Waals surface area contributed by atoms with Gasteiger partial charge in [0.2, 0.25) is 0 Å². The number of ether oxygens (including phenoxy) is 2. The largest absolute Gasteiger partial charge is 0.495 e. The lowest BCUT2D eigenvalue weighted by Crippen LogP contribution is -2.33. The molecule has 1 aliphatic heterocycles. The standard InChI is InChI=1S/C12H15ClO4S/c1-12(2)7-6-8-4-5-9(16-3)11(10(8)17-12)18(13,14)15/h4-5H,6-7H2,1-3H3. The number of hydrogen-bond donors (Lipinski definition) is 0. The van der Waals surface area contributed by atoms with Gasteiger partial charge in [-0.25, -0.2) is 8.42 Å². The summed E-state index contributed by atoms with van der Waals surface area (Å²) in [6.45, 7) is 3.83. The van der Waals surface area contributed by atoms with Crippen molar-refractivity contribution in [2.45, 2.75) is 37.2 Å². The summed E-state index contributed by atoms with van der Waals surface area (Å²) >= 11 is 0. The summed E-state index contributed by atoms with van der Waals surface area (Å²) in [4.78, 5) is -0.0723. The normalized spacial score (nSPS) is 17.8. The van der Waals surface area contributed by atoms with Gasteiger partial charge in [0.1, 0.15) is 17.1 Å². The molecule has 0 saturated heterocycles. The van der Waals surface area contributed by atoms with Crippen LogP contribution in [0, 0.1) is 0 Å². The minimum atomic E-state index is -3.91. The van der Waals surface area contributed by atoms with Crippen LogP contribution < -0.4 is 9.47 Å². The topological polar surface area (TPSA) is 52.6 Å². The Morgan fingerprint density at radius 1 is 1.39 bits per heavy atom. The van der Waals surface area contributed by atoms with Crippen LogP contribution in [0.3, 0.4) is 0 Å². The predicted molar refractivity (Wildman–Crippen MR) is 69.1 cm³/mol. The summed E-state index contributed by atoms with van der Waals surface area (Å²) in [7, 11) is 2.97. The van der Waals surface area contributed by atoms with Crippen LogP contribution in [0.15, 0.2) is 17.0 Å². The highest BCUT2D eigenvalue weighted by molar-refractivity contribution is 8.14. The number of rotatable bonds is 2. The van der Waals surface area contributed by atoms with Crippen LogP contribution >= 0.6 is 10.7 Å². The van der Waals surface area contributed by atoms with Crippen LogP contribution in [0.25, 0.3) is 0 Å². The highest BCUT2D eigenvalue weighted by Gasteiger charge is 2.33. The van der Waals surface area contributed by atoms with Crippen LogP contribution in [0.2, 0.25) is 0 Å². The van der Waals surface area contributed by atoms with E-state index in [0.717, 1.165) is 18.4 Å². The maximum atomic E-state index is 11.7. The molecule has 0 amide bonds. The average Bonchev–Trinajstić information content (AvgIpc) is 2.24. The molecule has 100 valence electrons. The summed E-state index contributed by atoms with van der Waals surface area (Å²) in [6.07, 6.45) is 1.58. The molecule has 0 atom stereocenters. The van der Waals surface area contributed by atoms with Crippen LogP contribution in [0.1, 0.15) is 25.8 Å². The zero-order valence-corrected chi connectivity index (χ0v) is 12.1. The molecule has 0 fully saturated rings. The van der Waals surface area contributed by atoms with E-state index in [-0.39, 0.29) is 10.6 Å². The van der Waals surface area contributed by atoms with Crippen LogP contribution in [-0.2, 0) is 15.5 Å². The first-order valence-corrected chi connectivity index (χ1v) is 7.89. The van der Waals surface area contributed by atoms with Gasteiger partial charge >= 0.3 is 0 Å². The van der Waals surface area contributed by atoms with Crippen molar-refractivity contribution in [3.8, 4) is 11.5 Å². The van der Waals surface area contributed by atoms with Crippen molar-refractivity contribution in [2.75, 3.05) is 7.11 Å². The fraction of sp³-hybridized carbons (Fsp3) is 0.500. The van der Waals surface area contributed by atoms with Gasteiger partial charge in [-0.1, -0.05) is 6.07 Å². The molecule has 1 aromatic rings. The van der Waals surface area contributed by atoms with Gasteiger partial charge in [-0.15, -0.1) is 0 Å². The van der Waals surface area contributed by atoms with E-state index in [1.54, 1.807) is 6.07 Å². The van der Waals surface area contributed by atoms with Gasteiger partial charge in [0, 0.05) is 10.7 Å². The lowest BCUT2D eigenvalue weighted by molar-refractivity contribution is 0.0800. The van der Waals surface area contributed by atoms with Crippen LogP contribution in [-0.4, -0.2) is 21.1 Å².